The number of benzene rings is 2. The molecule has 1 aliphatic heterocycles. The molecule has 0 saturated carbocycles. The number of phenols is 1. The van der Waals surface area contributed by atoms with E-state index in [4.69, 9.17) is 32.7 Å². The summed E-state index contributed by atoms with van der Waals surface area (Å²) in [5, 5.41) is 11.7. The zero-order valence-electron chi connectivity index (χ0n) is 17.3. The molecule has 168 valence electrons. The lowest BCUT2D eigenvalue weighted by Crippen LogP contribution is -2.53. The van der Waals surface area contributed by atoms with Crippen molar-refractivity contribution in [2.45, 2.75) is 19.9 Å². The van der Waals surface area contributed by atoms with Crippen LogP contribution >= 0.6 is 23.2 Å². The number of nitrogens with one attached hydrogen (secondary N) is 1. The summed E-state index contributed by atoms with van der Waals surface area (Å²) in [4.78, 5) is 38.5. The summed E-state index contributed by atoms with van der Waals surface area (Å²) >= 11 is 11.8. The van der Waals surface area contributed by atoms with Crippen molar-refractivity contribution in [1.29, 1.82) is 0 Å². The van der Waals surface area contributed by atoms with Crippen molar-refractivity contribution < 1.29 is 29.0 Å². The van der Waals surface area contributed by atoms with E-state index in [-0.39, 0.29) is 27.9 Å². The number of amides is 4. The molecule has 32 heavy (non-hydrogen) atoms. The first-order valence-corrected chi connectivity index (χ1v) is 10.4. The second-order valence-corrected chi connectivity index (χ2v) is 7.69. The lowest BCUT2D eigenvalue weighted by atomic mass is 10.1. The van der Waals surface area contributed by atoms with Crippen molar-refractivity contribution >= 4 is 47.1 Å². The molecule has 2 aromatic rings. The average molecular weight is 479 g/mol. The van der Waals surface area contributed by atoms with Gasteiger partial charge in [0.2, 0.25) is 0 Å². The minimum absolute atomic E-state index is 0.0431. The summed E-state index contributed by atoms with van der Waals surface area (Å²) in [7, 11) is 1.49. The van der Waals surface area contributed by atoms with Gasteiger partial charge in [0.1, 0.15) is 5.57 Å². The number of aromatic hydroxyl groups is 1. The molecule has 8 nitrogen and oxygen atoms in total. The molecule has 1 heterocycles. The molecule has 0 unspecified atom stereocenters. The molecule has 0 bridgehead atoms. The number of carbonyl (C=O) groups excluding carboxylic acids is 3. The summed E-state index contributed by atoms with van der Waals surface area (Å²) in [5.74, 6) is -0.945. The Morgan fingerprint density at radius 1 is 1.09 bits per heavy atom. The van der Waals surface area contributed by atoms with Gasteiger partial charge in [-0.25, -0.2) is 4.79 Å². The molecular formula is C22H20Cl2N2O6. The summed E-state index contributed by atoms with van der Waals surface area (Å²) in [5.41, 5.74) is 0.626. The van der Waals surface area contributed by atoms with Crippen molar-refractivity contribution in [1.82, 2.24) is 10.2 Å². The van der Waals surface area contributed by atoms with Crippen molar-refractivity contribution in [2.24, 2.45) is 0 Å². The van der Waals surface area contributed by atoms with Crippen LogP contribution in [0.15, 0.2) is 35.9 Å². The van der Waals surface area contributed by atoms with Gasteiger partial charge in [0.25, 0.3) is 11.8 Å². The number of hydrogen-bond donors (Lipinski definition) is 2. The molecule has 0 atom stereocenters. The third-order valence-electron chi connectivity index (χ3n) is 4.57. The highest BCUT2D eigenvalue weighted by atomic mass is 35.5. The van der Waals surface area contributed by atoms with Crippen molar-refractivity contribution in [2.75, 3.05) is 13.7 Å². The van der Waals surface area contributed by atoms with Gasteiger partial charge in [-0.1, -0.05) is 36.2 Å². The molecule has 1 saturated heterocycles. The van der Waals surface area contributed by atoms with E-state index in [1.54, 1.807) is 18.2 Å². The molecule has 0 radical (unpaired) electrons. The topological polar surface area (TPSA) is 105 Å². The SMILES string of the molecule is CCCOc1ccc(CN2C(=O)NC(=O)/C(=C\c3cc(Cl)c(O)c(Cl)c3)C2=O)cc1OC. The van der Waals surface area contributed by atoms with Crippen LogP contribution in [0, 0.1) is 0 Å². The minimum Gasteiger partial charge on any atom is -0.505 e. The standard InChI is InChI=1S/C22H20Cl2N2O6/c1-3-6-32-17-5-4-12(10-18(17)31-2)11-26-21(29)14(20(28)25-22(26)30)7-13-8-15(23)19(27)16(24)9-13/h4-5,7-10,27H,3,6,11H2,1-2H3,(H,25,28,30)/b14-7+. The summed E-state index contributed by atoms with van der Waals surface area (Å²) in [6.45, 7) is 2.40. The Morgan fingerprint density at radius 2 is 1.78 bits per heavy atom. The Morgan fingerprint density at radius 3 is 2.41 bits per heavy atom. The zero-order chi connectivity index (χ0) is 23.4. The lowest BCUT2D eigenvalue weighted by molar-refractivity contribution is -0.130. The van der Waals surface area contributed by atoms with Gasteiger partial charge in [-0.3, -0.25) is 19.8 Å². The highest BCUT2D eigenvalue weighted by molar-refractivity contribution is 6.37. The maximum absolute atomic E-state index is 13.0. The monoisotopic (exact) mass is 478 g/mol. The molecule has 0 aromatic heterocycles. The highest BCUT2D eigenvalue weighted by Crippen LogP contribution is 2.34. The molecule has 3 rings (SSSR count). The molecule has 1 fully saturated rings. The van der Waals surface area contributed by atoms with E-state index in [9.17, 15) is 19.5 Å². The Balaban J connectivity index is 1.89. The second kappa shape index (κ2) is 9.93. The smallest absolute Gasteiger partial charge is 0.331 e. The number of nitrogens with zero attached hydrogens (tertiary/aromatic N) is 1. The van der Waals surface area contributed by atoms with Crippen LogP contribution in [-0.2, 0) is 16.1 Å². The number of carbonyl (C=O) groups is 3. The van der Waals surface area contributed by atoms with Gasteiger partial charge >= 0.3 is 6.03 Å². The van der Waals surface area contributed by atoms with Gasteiger partial charge in [0.05, 0.1) is 30.3 Å². The fourth-order valence-electron chi connectivity index (χ4n) is 3.00. The number of urea groups is 1. The summed E-state index contributed by atoms with van der Waals surface area (Å²) < 4.78 is 10.9. The Kier molecular flexibility index (Phi) is 7.27. The predicted molar refractivity (Wildman–Crippen MR) is 119 cm³/mol. The first kappa shape index (κ1) is 23.4. The van der Waals surface area contributed by atoms with Gasteiger partial charge < -0.3 is 14.6 Å². The van der Waals surface area contributed by atoms with Gasteiger partial charge in [-0.05, 0) is 47.9 Å². The number of rotatable bonds is 7. The van der Waals surface area contributed by atoms with Gasteiger partial charge in [-0.2, -0.15) is 0 Å². The molecule has 10 heteroatoms. The summed E-state index contributed by atoms with van der Waals surface area (Å²) in [6, 6.07) is 6.90. The number of hydrogen-bond acceptors (Lipinski definition) is 6. The first-order chi connectivity index (χ1) is 15.2. The Labute approximate surface area is 194 Å². The van der Waals surface area contributed by atoms with E-state index in [0.717, 1.165) is 11.3 Å². The number of methoxy groups -OCH3 is 1. The quantitative estimate of drug-likeness (QED) is 0.457. The number of halogens is 2. The fourth-order valence-corrected chi connectivity index (χ4v) is 3.50. The van der Waals surface area contributed by atoms with E-state index >= 15 is 0 Å². The third-order valence-corrected chi connectivity index (χ3v) is 5.14. The Hall–Kier alpha value is -3.23. The molecule has 2 aromatic carbocycles. The zero-order valence-corrected chi connectivity index (χ0v) is 18.8. The van der Waals surface area contributed by atoms with Crippen LogP contribution in [0.2, 0.25) is 10.0 Å². The van der Waals surface area contributed by atoms with E-state index in [1.165, 1.54) is 25.3 Å². The Bertz CT molecular complexity index is 1090. The van der Waals surface area contributed by atoms with Crippen LogP contribution in [0.1, 0.15) is 24.5 Å². The first-order valence-electron chi connectivity index (χ1n) is 9.61. The lowest BCUT2D eigenvalue weighted by Gasteiger charge is -2.26. The average Bonchev–Trinajstić information content (AvgIpc) is 2.76. The van der Waals surface area contributed by atoms with Crippen LogP contribution in [0.4, 0.5) is 4.79 Å². The minimum atomic E-state index is -0.850. The number of imide groups is 2. The van der Waals surface area contributed by atoms with Crippen LogP contribution in [0.3, 0.4) is 0 Å². The fraction of sp³-hybridized carbons (Fsp3) is 0.227. The third kappa shape index (κ3) is 4.98. The normalized spacial score (nSPS) is 15.2. The van der Waals surface area contributed by atoms with E-state index in [1.807, 2.05) is 6.92 Å². The molecule has 1 aliphatic rings. The van der Waals surface area contributed by atoms with Crippen LogP contribution < -0.4 is 14.8 Å². The molecule has 0 aliphatic carbocycles. The van der Waals surface area contributed by atoms with Crippen molar-refractivity contribution in [3.8, 4) is 17.2 Å². The highest BCUT2D eigenvalue weighted by Gasteiger charge is 2.35. The van der Waals surface area contributed by atoms with E-state index in [0.29, 0.717) is 29.2 Å². The molecule has 4 amide bonds. The van der Waals surface area contributed by atoms with Crippen molar-refractivity contribution in [3.05, 3.63) is 57.1 Å². The van der Waals surface area contributed by atoms with E-state index < -0.39 is 17.8 Å². The second-order valence-electron chi connectivity index (χ2n) is 6.88. The molecular weight excluding hydrogens is 459 g/mol. The predicted octanol–water partition coefficient (Wildman–Crippen LogP) is 4.16. The van der Waals surface area contributed by atoms with Gasteiger partial charge in [0.15, 0.2) is 17.2 Å². The summed E-state index contributed by atoms with van der Waals surface area (Å²) in [6.07, 6.45) is 2.07. The maximum Gasteiger partial charge on any atom is 0.331 e. The van der Waals surface area contributed by atoms with Crippen molar-refractivity contribution in [3.63, 3.8) is 0 Å². The molecule has 0 spiro atoms. The van der Waals surface area contributed by atoms with Gasteiger partial charge in [-0.15, -0.1) is 0 Å². The van der Waals surface area contributed by atoms with Gasteiger partial charge in [0, 0.05) is 0 Å². The number of barbiturate groups is 1. The number of phenolic OH excluding ortho intramolecular Hbond substituents is 1. The van der Waals surface area contributed by atoms with E-state index in [2.05, 4.69) is 5.32 Å². The van der Waals surface area contributed by atoms with Crippen LogP contribution in [-0.4, -0.2) is 41.6 Å². The maximum atomic E-state index is 13.0. The largest absolute Gasteiger partial charge is 0.505 e. The van der Waals surface area contributed by atoms with Crippen LogP contribution in [0.5, 0.6) is 17.2 Å². The molecule has 2 N–H and O–H groups in total. The van der Waals surface area contributed by atoms with Crippen LogP contribution in [0.25, 0.3) is 6.08 Å². The number of ether oxygens (including phenoxy) is 2.